The summed E-state index contributed by atoms with van der Waals surface area (Å²) in [7, 11) is 0.595. The van der Waals surface area contributed by atoms with Gasteiger partial charge in [-0.05, 0) is 25.0 Å². The molecule has 0 saturated carbocycles. The molecule has 1 aromatic heterocycles. The van der Waals surface area contributed by atoms with Gasteiger partial charge in [-0.2, -0.15) is 17.5 Å². The molecule has 2 aromatic rings. The third-order valence-corrected chi connectivity index (χ3v) is 8.15. The molecule has 0 bridgehead atoms. The first-order valence-corrected chi connectivity index (χ1v) is 13.5. The largest absolute Gasteiger partial charge is 0.491 e. The average molecular weight is 576 g/mol. The number of nitrogens with zero attached hydrogens (tertiary/aromatic N) is 4. The first kappa shape index (κ1) is 30.4. The molecule has 2 heterocycles. The summed E-state index contributed by atoms with van der Waals surface area (Å²) in [6.45, 7) is 3.39. The minimum absolute atomic E-state index is 0.0143. The molecule has 1 aliphatic rings. The lowest BCUT2D eigenvalue weighted by atomic mass is 10.0. The van der Waals surface area contributed by atoms with Gasteiger partial charge < -0.3 is 24.3 Å². The van der Waals surface area contributed by atoms with E-state index in [-0.39, 0.29) is 47.6 Å². The SMILES string of the molecule is CO[C@H]1CN(C)C(=O)c2ccc(NC(=O)CC(F)(F)F)cc2OC[C@@H](C)N(S(=O)(=O)c2cn(C)cn2)C[C@@H]1C. The number of methoxy groups -OCH3 is 1. The summed E-state index contributed by atoms with van der Waals surface area (Å²) in [4.78, 5) is 30.5. The van der Waals surface area contributed by atoms with E-state index < -0.39 is 46.6 Å². The number of hydrogen-bond donors (Lipinski definition) is 1. The van der Waals surface area contributed by atoms with E-state index in [1.165, 1.54) is 51.6 Å². The molecule has 1 N–H and O–H groups in total. The number of ether oxygens (including phenoxy) is 2. The molecular weight excluding hydrogens is 543 g/mol. The van der Waals surface area contributed by atoms with E-state index in [9.17, 15) is 31.2 Å². The summed E-state index contributed by atoms with van der Waals surface area (Å²) >= 11 is 0. The quantitative estimate of drug-likeness (QED) is 0.581. The third kappa shape index (κ3) is 7.48. The van der Waals surface area contributed by atoms with Crippen LogP contribution in [0.3, 0.4) is 0 Å². The van der Waals surface area contributed by atoms with Crippen LogP contribution in [0.25, 0.3) is 0 Å². The number of carbonyl (C=O) groups is 2. The predicted octanol–water partition coefficient (Wildman–Crippen LogP) is 2.51. The van der Waals surface area contributed by atoms with Crippen molar-refractivity contribution in [3.8, 4) is 5.75 Å². The van der Waals surface area contributed by atoms with Gasteiger partial charge in [0.25, 0.3) is 15.9 Å². The number of halogens is 3. The highest BCUT2D eigenvalue weighted by molar-refractivity contribution is 7.89. The van der Waals surface area contributed by atoms with Crippen molar-refractivity contribution in [2.75, 3.05) is 39.2 Å². The van der Waals surface area contributed by atoms with E-state index in [1.807, 2.05) is 6.92 Å². The maximum atomic E-state index is 13.6. The minimum atomic E-state index is -4.69. The van der Waals surface area contributed by atoms with Crippen LogP contribution in [-0.2, 0) is 26.6 Å². The van der Waals surface area contributed by atoms with Gasteiger partial charge in [-0.25, -0.2) is 13.4 Å². The summed E-state index contributed by atoms with van der Waals surface area (Å²) in [5.74, 6) is -2.09. The van der Waals surface area contributed by atoms with Crippen LogP contribution < -0.4 is 10.1 Å². The number of carbonyl (C=O) groups excluding carboxylic acids is 2. The maximum absolute atomic E-state index is 13.6. The zero-order valence-corrected chi connectivity index (χ0v) is 23.0. The van der Waals surface area contributed by atoms with Crippen molar-refractivity contribution >= 4 is 27.5 Å². The van der Waals surface area contributed by atoms with Crippen molar-refractivity contribution < 1.29 is 40.7 Å². The second kappa shape index (κ2) is 11.9. The van der Waals surface area contributed by atoms with E-state index in [0.29, 0.717) is 0 Å². The fourth-order valence-corrected chi connectivity index (χ4v) is 5.87. The number of aromatic nitrogens is 2. The lowest BCUT2D eigenvalue weighted by Gasteiger charge is -2.35. The van der Waals surface area contributed by atoms with E-state index in [1.54, 1.807) is 21.0 Å². The van der Waals surface area contributed by atoms with Gasteiger partial charge in [0.05, 0.1) is 24.0 Å². The topological polar surface area (TPSA) is 123 Å². The average Bonchev–Trinajstić information content (AvgIpc) is 3.29. The van der Waals surface area contributed by atoms with Crippen molar-refractivity contribution in [2.45, 2.75) is 43.6 Å². The van der Waals surface area contributed by atoms with Crippen molar-refractivity contribution in [3.63, 3.8) is 0 Å². The molecule has 0 saturated heterocycles. The number of aryl methyl sites for hydroxylation is 1. The predicted molar refractivity (Wildman–Crippen MR) is 135 cm³/mol. The Balaban J connectivity index is 2.00. The minimum Gasteiger partial charge on any atom is -0.491 e. The van der Waals surface area contributed by atoms with Gasteiger partial charge in [-0.3, -0.25) is 9.59 Å². The Bertz CT molecular complexity index is 1300. The fourth-order valence-electron chi connectivity index (χ4n) is 4.18. The molecule has 0 fully saturated rings. The van der Waals surface area contributed by atoms with Crippen LogP contribution in [0, 0.1) is 5.92 Å². The Morgan fingerprint density at radius 3 is 2.51 bits per heavy atom. The smallest absolute Gasteiger partial charge is 0.397 e. The normalized spacial score (nSPS) is 21.9. The number of amides is 2. The number of benzene rings is 1. The first-order valence-electron chi connectivity index (χ1n) is 12.0. The molecule has 216 valence electrons. The highest BCUT2D eigenvalue weighted by Crippen LogP contribution is 2.29. The lowest BCUT2D eigenvalue weighted by Crippen LogP contribution is -2.48. The second-order valence-corrected chi connectivity index (χ2v) is 11.4. The highest BCUT2D eigenvalue weighted by atomic mass is 32.2. The number of alkyl halides is 3. The van der Waals surface area contributed by atoms with Crippen LogP contribution in [0.15, 0.2) is 35.7 Å². The fraction of sp³-hybridized carbons (Fsp3) is 0.542. The first-order chi connectivity index (χ1) is 18.1. The van der Waals surface area contributed by atoms with E-state index in [4.69, 9.17) is 9.47 Å². The lowest BCUT2D eigenvalue weighted by molar-refractivity contribution is -0.150. The van der Waals surface area contributed by atoms with Crippen molar-refractivity contribution in [2.24, 2.45) is 13.0 Å². The molecule has 1 aliphatic heterocycles. The van der Waals surface area contributed by atoms with E-state index in [2.05, 4.69) is 10.3 Å². The van der Waals surface area contributed by atoms with Gasteiger partial charge in [0, 0.05) is 52.2 Å². The van der Waals surface area contributed by atoms with Crippen LogP contribution in [0.2, 0.25) is 0 Å². The van der Waals surface area contributed by atoms with Crippen molar-refractivity contribution in [3.05, 3.63) is 36.3 Å². The number of sulfonamides is 1. The molecule has 0 unspecified atom stereocenters. The van der Waals surface area contributed by atoms with Crippen LogP contribution >= 0.6 is 0 Å². The van der Waals surface area contributed by atoms with Gasteiger partial charge in [0.2, 0.25) is 5.91 Å². The van der Waals surface area contributed by atoms with E-state index in [0.717, 1.165) is 0 Å². The third-order valence-electron chi connectivity index (χ3n) is 6.29. The number of fused-ring (bicyclic) bond motifs is 1. The van der Waals surface area contributed by atoms with Crippen molar-refractivity contribution in [1.29, 1.82) is 0 Å². The van der Waals surface area contributed by atoms with Crippen LogP contribution in [0.4, 0.5) is 18.9 Å². The second-order valence-electron chi connectivity index (χ2n) is 9.60. The van der Waals surface area contributed by atoms with Gasteiger partial charge in [0.15, 0.2) is 5.03 Å². The van der Waals surface area contributed by atoms with Crippen molar-refractivity contribution in [1.82, 2.24) is 18.8 Å². The zero-order chi connectivity index (χ0) is 29.1. The molecule has 15 heteroatoms. The Kier molecular flexibility index (Phi) is 9.28. The number of likely N-dealkylation sites (N-methyl/N-ethyl adjacent to an activating group) is 1. The Morgan fingerprint density at radius 2 is 1.92 bits per heavy atom. The summed E-state index contributed by atoms with van der Waals surface area (Å²) in [5.41, 5.74) is 0.0697. The molecule has 2 amide bonds. The molecule has 1 aromatic carbocycles. The molecule has 0 aliphatic carbocycles. The van der Waals surface area contributed by atoms with Crippen LogP contribution in [-0.4, -0.2) is 91.2 Å². The number of hydrogen-bond acceptors (Lipinski definition) is 7. The summed E-state index contributed by atoms with van der Waals surface area (Å²) in [6, 6.07) is 3.12. The zero-order valence-electron chi connectivity index (χ0n) is 22.2. The van der Waals surface area contributed by atoms with Gasteiger partial charge >= 0.3 is 6.18 Å². The van der Waals surface area contributed by atoms with Gasteiger partial charge in [-0.1, -0.05) is 6.92 Å². The summed E-state index contributed by atoms with van der Waals surface area (Å²) in [5, 5.41) is 2.00. The number of nitrogens with one attached hydrogen (secondary N) is 1. The number of imidazole rings is 1. The van der Waals surface area contributed by atoms with Crippen LogP contribution in [0.5, 0.6) is 5.75 Å². The highest BCUT2D eigenvalue weighted by Gasteiger charge is 2.36. The molecule has 0 spiro atoms. The molecule has 3 atom stereocenters. The van der Waals surface area contributed by atoms with Gasteiger partial charge in [0.1, 0.15) is 18.8 Å². The molecule has 39 heavy (non-hydrogen) atoms. The van der Waals surface area contributed by atoms with Crippen LogP contribution in [0.1, 0.15) is 30.6 Å². The monoisotopic (exact) mass is 575 g/mol. The Morgan fingerprint density at radius 1 is 1.23 bits per heavy atom. The Labute approximate surface area is 224 Å². The van der Waals surface area contributed by atoms with E-state index >= 15 is 0 Å². The Hall–Kier alpha value is -3.17. The summed E-state index contributed by atoms with van der Waals surface area (Å²) in [6.07, 6.45) is -4.15. The molecule has 11 nitrogen and oxygen atoms in total. The number of anilines is 1. The number of rotatable bonds is 5. The van der Waals surface area contributed by atoms with Gasteiger partial charge in [-0.15, -0.1) is 0 Å². The maximum Gasteiger partial charge on any atom is 0.397 e. The molecular formula is C24H32F3N5O6S. The molecule has 3 rings (SSSR count). The standard InChI is InChI=1S/C24H32F3N5O6S/c1-15-10-32(39(35,36)22-12-30(3)14-28-22)16(2)13-38-19-8-17(29-21(33)9-24(25,26)27)6-7-18(19)23(34)31(4)11-20(15)37-5/h6-8,12,14-16,20H,9-11,13H2,1-5H3,(H,29,33)/t15-,16+,20-/m0/s1. The summed E-state index contributed by atoms with van der Waals surface area (Å²) < 4.78 is 79.2. The molecule has 0 radical (unpaired) electrons.